The Morgan fingerprint density at radius 3 is 2.73 bits per heavy atom. The molecular weight excluding hydrogens is 182 g/mol. The Morgan fingerprint density at radius 2 is 2.07 bits per heavy atom. The summed E-state index contributed by atoms with van der Waals surface area (Å²) in [6, 6.07) is 7.24. The summed E-state index contributed by atoms with van der Waals surface area (Å²) in [5.41, 5.74) is 4.29. The van der Waals surface area contributed by atoms with Crippen molar-refractivity contribution in [3.63, 3.8) is 0 Å². The van der Waals surface area contributed by atoms with E-state index in [-0.39, 0.29) is 0 Å². The minimum atomic E-state index is 0.587. The van der Waals surface area contributed by atoms with Gasteiger partial charge in [0.25, 0.3) is 0 Å². The van der Waals surface area contributed by atoms with E-state index in [0.717, 1.165) is 5.92 Å². The van der Waals surface area contributed by atoms with Crippen LogP contribution in [0.2, 0.25) is 0 Å². The number of aryl methyl sites for hydroxylation is 1. The molecule has 1 N–H and O–H groups in total. The molecule has 0 bridgehead atoms. The molecule has 1 nitrogen and oxygen atoms in total. The first kappa shape index (κ1) is 10.5. The molecule has 0 aliphatic carbocycles. The second-order valence-electron chi connectivity index (χ2n) is 5.21. The second kappa shape index (κ2) is 3.88. The monoisotopic (exact) mass is 203 g/mol. The molecule has 0 saturated carbocycles. The van der Waals surface area contributed by atoms with Gasteiger partial charge in [0.05, 0.1) is 0 Å². The second-order valence-corrected chi connectivity index (χ2v) is 5.21. The Hall–Kier alpha value is -0.980. The fraction of sp³-hybridized carbons (Fsp3) is 0.571. The largest absolute Gasteiger partial charge is 0.382 e. The topological polar surface area (TPSA) is 12.0 Å². The smallest absolute Gasteiger partial charge is 0.0408 e. The van der Waals surface area contributed by atoms with Gasteiger partial charge < -0.3 is 5.32 Å². The third-order valence-corrected chi connectivity index (χ3v) is 3.41. The molecule has 2 atom stereocenters. The quantitative estimate of drug-likeness (QED) is 0.767. The summed E-state index contributed by atoms with van der Waals surface area (Å²) in [6.45, 7) is 9.10. The molecule has 0 unspecified atom stereocenters. The lowest BCUT2D eigenvalue weighted by molar-refractivity contribution is 0.479. The standard InChI is InChI=1S/C14H21N/c1-9(2)8-13-11(4)15-14-10(3)6-5-7-12(13)14/h5-7,9,11,13,15H,8H2,1-4H3/t11-,13+/m1/s1. The fourth-order valence-electron chi connectivity index (χ4n) is 2.63. The third-order valence-electron chi connectivity index (χ3n) is 3.41. The van der Waals surface area contributed by atoms with Crippen LogP contribution in [0.25, 0.3) is 0 Å². The molecule has 0 fully saturated rings. The molecule has 1 aliphatic heterocycles. The number of nitrogens with one attached hydrogen (secondary N) is 1. The molecule has 1 heteroatoms. The van der Waals surface area contributed by atoms with Gasteiger partial charge >= 0.3 is 0 Å². The van der Waals surface area contributed by atoms with Crippen LogP contribution in [0.1, 0.15) is 44.2 Å². The molecule has 0 radical (unpaired) electrons. The van der Waals surface area contributed by atoms with Gasteiger partial charge in [-0.2, -0.15) is 0 Å². The van der Waals surface area contributed by atoms with Gasteiger partial charge in [0, 0.05) is 17.6 Å². The number of benzene rings is 1. The Balaban J connectivity index is 2.33. The fourth-order valence-corrected chi connectivity index (χ4v) is 2.63. The van der Waals surface area contributed by atoms with Crippen LogP contribution in [0.3, 0.4) is 0 Å². The third kappa shape index (κ3) is 1.88. The van der Waals surface area contributed by atoms with E-state index in [1.165, 1.54) is 23.2 Å². The molecule has 1 aliphatic rings. The van der Waals surface area contributed by atoms with E-state index in [9.17, 15) is 0 Å². The van der Waals surface area contributed by atoms with Crippen LogP contribution in [0.4, 0.5) is 5.69 Å². The SMILES string of the molecule is Cc1cccc2c1N[C@H](C)[C@@H]2CC(C)C. The van der Waals surface area contributed by atoms with Crippen LogP contribution >= 0.6 is 0 Å². The number of hydrogen-bond donors (Lipinski definition) is 1. The summed E-state index contributed by atoms with van der Waals surface area (Å²) in [5.74, 6) is 1.46. The molecule has 2 rings (SSSR count). The first-order chi connectivity index (χ1) is 7.09. The zero-order valence-electron chi connectivity index (χ0n) is 10.2. The zero-order chi connectivity index (χ0) is 11.0. The van der Waals surface area contributed by atoms with Crippen molar-refractivity contribution in [2.75, 3.05) is 5.32 Å². The average Bonchev–Trinajstić information content (AvgIpc) is 2.45. The summed E-state index contributed by atoms with van der Waals surface area (Å²) in [7, 11) is 0. The molecule has 82 valence electrons. The molecule has 1 heterocycles. The first-order valence-corrected chi connectivity index (χ1v) is 5.95. The summed E-state index contributed by atoms with van der Waals surface area (Å²) < 4.78 is 0. The van der Waals surface area contributed by atoms with Crippen molar-refractivity contribution < 1.29 is 0 Å². The van der Waals surface area contributed by atoms with Crippen molar-refractivity contribution in [3.8, 4) is 0 Å². The molecule has 0 saturated heterocycles. The molecular formula is C14H21N. The normalized spacial score (nSPS) is 24.1. The minimum absolute atomic E-state index is 0.587. The van der Waals surface area contributed by atoms with Gasteiger partial charge in [0.15, 0.2) is 0 Å². The van der Waals surface area contributed by atoms with Gasteiger partial charge in [-0.15, -0.1) is 0 Å². The van der Waals surface area contributed by atoms with Gasteiger partial charge in [-0.05, 0) is 37.3 Å². The average molecular weight is 203 g/mol. The maximum atomic E-state index is 3.62. The van der Waals surface area contributed by atoms with Crippen LogP contribution in [0.5, 0.6) is 0 Å². The molecule has 15 heavy (non-hydrogen) atoms. The van der Waals surface area contributed by atoms with Crippen molar-refractivity contribution in [3.05, 3.63) is 29.3 Å². The molecule has 1 aromatic carbocycles. The van der Waals surface area contributed by atoms with E-state index in [1.54, 1.807) is 0 Å². The van der Waals surface area contributed by atoms with Crippen LogP contribution in [-0.2, 0) is 0 Å². The zero-order valence-corrected chi connectivity index (χ0v) is 10.2. The Bertz CT molecular complexity index is 354. The predicted molar refractivity (Wildman–Crippen MR) is 66.5 cm³/mol. The lowest BCUT2D eigenvalue weighted by Gasteiger charge is -2.18. The highest BCUT2D eigenvalue weighted by molar-refractivity contribution is 5.63. The van der Waals surface area contributed by atoms with Crippen molar-refractivity contribution in [1.82, 2.24) is 0 Å². The van der Waals surface area contributed by atoms with Gasteiger partial charge in [-0.25, -0.2) is 0 Å². The maximum absolute atomic E-state index is 3.62. The van der Waals surface area contributed by atoms with Crippen LogP contribution in [0.15, 0.2) is 18.2 Å². The van der Waals surface area contributed by atoms with Crippen molar-refractivity contribution >= 4 is 5.69 Å². The van der Waals surface area contributed by atoms with Gasteiger partial charge in [0.2, 0.25) is 0 Å². The first-order valence-electron chi connectivity index (χ1n) is 5.95. The maximum Gasteiger partial charge on any atom is 0.0408 e. The van der Waals surface area contributed by atoms with E-state index in [0.29, 0.717) is 12.0 Å². The van der Waals surface area contributed by atoms with E-state index < -0.39 is 0 Å². The molecule has 0 amide bonds. The lowest BCUT2D eigenvalue weighted by atomic mass is 9.87. The predicted octanol–water partition coefficient (Wildman–Crippen LogP) is 3.94. The number of anilines is 1. The Morgan fingerprint density at radius 1 is 1.33 bits per heavy atom. The number of para-hydroxylation sites is 1. The minimum Gasteiger partial charge on any atom is -0.382 e. The molecule has 1 aromatic rings. The highest BCUT2D eigenvalue weighted by atomic mass is 15.0. The van der Waals surface area contributed by atoms with Crippen LogP contribution in [-0.4, -0.2) is 6.04 Å². The van der Waals surface area contributed by atoms with E-state index in [1.807, 2.05) is 0 Å². The summed E-state index contributed by atoms with van der Waals surface area (Å²) in [4.78, 5) is 0. The number of rotatable bonds is 2. The van der Waals surface area contributed by atoms with Crippen molar-refractivity contribution in [1.29, 1.82) is 0 Å². The molecule has 0 aromatic heterocycles. The van der Waals surface area contributed by atoms with E-state index in [4.69, 9.17) is 0 Å². The summed E-state index contributed by atoms with van der Waals surface area (Å²) in [5, 5.41) is 3.62. The van der Waals surface area contributed by atoms with Gasteiger partial charge in [-0.1, -0.05) is 32.0 Å². The highest BCUT2D eigenvalue weighted by Gasteiger charge is 2.29. The number of fused-ring (bicyclic) bond motifs is 1. The molecule has 0 spiro atoms. The Kier molecular flexibility index (Phi) is 2.72. The van der Waals surface area contributed by atoms with E-state index in [2.05, 4.69) is 51.2 Å². The highest BCUT2D eigenvalue weighted by Crippen LogP contribution is 2.40. The van der Waals surface area contributed by atoms with Gasteiger partial charge in [-0.3, -0.25) is 0 Å². The van der Waals surface area contributed by atoms with E-state index >= 15 is 0 Å². The van der Waals surface area contributed by atoms with Gasteiger partial charge in [0.1, 0.15) is 0 Å². The lowest BCUT2D eigenvalue weighted by Crippen LogP contribution is -2.17. The van der Waals surface area contributed by atoms with Crippen molar-refractivity contribution in [2.24, 2.45) is 5.92 Å². The van der Waals surface area contributed by atoms with Crippen LogP contribution < -0.4 is 5.32 Å². The summed E-state index contributed by atoms with van der Waals surface area (Å²) >= 11 is 0. The van der Waals surface area contributed by atoms with Crippen molar-refractivity contribution in [2.45, 2.75) is 46.1 Å². The number of hydrogen-bond acceptors (Lipinski definition) is 1. The van der Waals surface area contributed by atoms with Crippen LogP contribution in [0, 0.1) is 12.8 Å². The Labute approximate surface area is 92.9 Å². The summed E-state index contributed by atoms with van der Waals surface area (Å²) in [6.07, 6.45) is 1.28.